The maximum absolute atomic E-state index is 12.9. The maximum Gasteiger partial charge on any atom is 0.339 e. The summed E-state index contributed by atoms with van der Waals surface area (Å²) in [6, 6.07) is 21.3. The molecular weight excluding hydrogens is 515 g/mol. The maximum atomic E-state index is 12.9. The molecule has 1 heterocycles. The van der Waals surface area contributed by atoms with Crippen molar-refractivity contribution in [2.24, 2.45) is 0 Å². The summed E-state index contributed by atoms with van der Waals surface area (Å²) < 4.78 is 6.23. The van der Waals surface area contributed by atoms with Crippen LogP contribution in [0.5, 0.6) is 0 Å². The van der Waals surface area contributed by atoms with E-state index >= 15 is 0 Å². The second-order valence-corrected chi connectivity index (χ2v) is 8.56. The van der Waals surface area contributed by atoms with Crippen molar-refractivity contribution in [2.45, 2.75) is 0 Å². The van der Waals surface area contributed by atoms with Gasteiger partial charge in [0, 0.05) is 21.1 Å². The lowest BCUT2D eigenvalue weighted by Crippen LogP contribution is -2.21. The van der Waals surface area contributed by atoms with E-state index in [2.05, 4.69) is 26.2 Å². The third-order valence-electron chi connectivity index (χ3n) is 4.61. The average Bonchev–Trinajstić information content (AvgIpc) is 2.79. The number of fused-ring (bicyclic) bond motifs is 1. The molecule has 0 aliphatic heterocycles. The zero-order chi connectivity index (χ0) is 22.7. The number of benzene rings is 3. The molecule has 4 aromatic rings. The molecule has 8 heteroatoms. The molecule has 0 saturated heterocycles. The van der Waals surface area contributed by atoms with Gasteiger partial charge in [-0.2, -0.15) is 0 Å². The number of anilines is 1. The van der Waals surface area contributed by atoms with E-state index in [-0.39, 0.29) is 0 Å². The van der Waals surface area contributed by atoms with Crippen molar-refractivity contribution in [2.75, 3.05) is 11.9 Å². The Hall–Kier alpha value is -2.93. The van der Waals surface area contributed by atoms with Crippen LogP contribution in [0.1, 0.15) is 10.4 Å². The number of ether oxygens (including phenoxy) is 1. The third kappa shape index (κ3) is 5.10. The fourth-order valence-corrected chi connectivity index (χ4v) is 3.66. The number of carbonyl (C=O) groups excluding carboxylic acids is 2. The van der Waals surface area contributed by atoms with E-state index in [0.29, 0.717) is 37.9 Å². The van der Waals surface area contributed by atoms with Gasteiger partial charge in [-0.15, -0.1) is 0 Å². The number of amides is 1. The first-order chi connectivity index (χ1) is 15.4. The molecule has 1 amide bonds. The molecule has 32 heavy (non-hydrogen) atoms. The van der Waals surface area contributed by atoms with E-state index < -0.39 is 18.5 Å². The Labute approximate surface area is 202 Å². The first-order valence-corrected chi connectivity index (χ1v) is 11.0. The SMILES string of the molecule is O=C(COC(=O)c1cc(-c2ccc(Br)cc2)nc2ccccc12)Nc1ccc(Cl)c(Cl)c1. The van der Waals surface area contributed by atoms with E-state index in [1.54, 1.807) is 24.3 Å². The summed E-state index contributed by atoms with van der Waals surface area (Å²) in [5.41, 5.74) is 2.91. The average molecular weight is 530 g/mol. The van der Waals surface area contributed by atoms with Gasteiger partial charge in [-0.25, -0.2) is 9.78 Å². The lowest BCUT2D eigenvalue weighted by Gasteiger charge is -2.11. The van der Waals surface area contributed by atoms with Gasteiger partial charge in [-0.3, -0.25) is 4.79 Å². The fraction of sp³-hybridized carbons (Fsp3) is 0.0417. The van der Waals surface area contributed by atoms with Crippen LogP contribution in [-0.4, -0.2) is 23.5 Å². The number of esters is 1. The van der Waals surface area contributed by atoms with Gasteiger partial charge in [0.25, 0.3) is 5.91 Å². The Morgan fingerprint density at radius 3 is 2.44 bits per heavy atom. The number of carbonyl (C=O) groups is 2. The quantitative estimate of drug-likeness (QED) is 0.290. The summed E-state index contributed by atoms with van der Waals surface area (Å²) >= 11 is 15.3. The van der Waals surface area contributed by atoms with E-state index in [1.807, 2.05) is 42.5 Å². The number of rotatable bonds is 5. The largest absolute Gasteiger partial charge is 0.452 e. The third-order valence-corrected chi connectivity index (χ3v) is 5.88. The summed E-state index contributed by atoms with van der Waals surface area (Å²) in [5.74, 6) is -1.12. The highest BCUT2D eigenvalue weighted by atomic mass is 79.9. The Balaban J connectivity index is 1.55. The zero-order valence-corrected chi connectivity index (χ0v) is 19.5. The molecule has 0 saturated carbocycles. The van der Waals surface area contributed by atoms with Crippen LogP contribution in [0.2, 0.25) is 10.0 Å². The number of hydrogen-bond acceptors (Lipinski definition) is 4. The van der Waals surface area contributed by atoms with Gasteiger partial charge in [0.15, 0.2) is 6.61 Å². The summed E-state index contributed by atoms with van der Waals surface area (Å²) in [4.78, 5) is 29.8. The van der Waals surface area contributed by atoms with Crippen LogP contribution in [0.25, 0.3) is 22.2 Å². The van der Waals surface area contributed by atoms with Gasteiger partial charge in [0.2, 0.25) is 0 Å². The second kappa shape index (κ2) is 9.69. The van der Waals surface area contributed by atoms with Crippen molar-refractivity contribution in [3.63, 3.8) is 0 Å². The van der Waals surface area contributed by atoms with Gasteiger partial charge in [0.1, 0.15) is 0 Å². The number of hydrogen-bond donors (Lipinski definition) is 1. The van der Waals surface area contributed by atoms with Crippen molar-refractivity contribution in [1.29, 1.82) is 0 Å². The first kappa shape index (κ1) is 22.3. The highest BCUT2D eigenvalue weighted by Crippen LogP contribution is 2.27. The molecule has 5 nitrogen and oxygen atoms in total. The number of pyridine rings is 1. The summed E-state index contributed by atoms with van der Waals surface area (Å²) in [7, 11) is 0. The standard InChI is InChI=1S/C24H15BrCl2N2O3/c25-15-7-5-14(6-8-15)22-12-18(17-3-1-2-4-21(17)29-22)24(31)32-13-23(30)28-16-9-10-19(26)20(27)11-16/h1-12H,13H2,(H,28,30). The Kier molecular flexibility index (Phi) is 6.74. The minimum Gasteiger partial charge on any atom is -0.452 e. The number of para-hydroxylation sites is 1. The lowest BCUT2D eigenvalue weighted by molar-refractivity contribution is -0.119. The van der Waals surface area contributed by atoms with Crippen LogP contribution in [0.4, 0.5) is 5.69 Å². The molecule has 0 radical (unpaired) electrons. The number of halogens is 3. The molecule has 1 aromatic heterocycles. The molecule has 0 bridgehead atoms. The second-order valence-electron chi connectivity index (χ2n) is 6.83. The van der Waals surface area contributed by atoms with Crippen molar-refractivity contribution in [1.82, 2.24) is 4.98 Å². The van der Waals surface area contributed by atoms with Crippen molar-refractivity contribution in [3.8, 4) is 11.3 Å². The molecule has 1 N–H and O–H groups in total. The predicted octanol–water partition coefficient (Wildman–Crippen LogP) is 6.77. The van der Waals surface area contributed by atoms with Gasteiger partial charge in [-0.05, 0) is 42.5 Å². The highest BCUT2D eigenvalue weighted by molar-refractivity contribution is 9.10. The van der Waals surface area contributed by atoms with E-state index in [0.717, 1.165) is 10.0 Å². The minimum absolute atomic E-state index is 0.310. The number of nitrogens with zero attached hydrogens (tertiary/aromatic N) is 1. The topological polar surface area (TPSA) is 68.3 Å². The lowest BCUT2D eigenvalue weighted by atomic mass is 10.0. The Morgan fingerprint density at radius 2 is 1.69 bits per heavy atom. The van der Waals surface area contributed by atoms with E-state index in [9.17, 15) is 9.59 Å². The summed E-state index contributed by atoms with van der Waals surface area (Å²) in [6.45, 7) is -0.455. The number of aromatic nitrogens is 1. The smallest absolute Gasteiger partial charge is 0.339 e. The molecule has 0 spiro atoms. The van der Waals surface area contributed by atoms with Crippen molar-refractivity contribution >= 4 is 67.6 Å². The summed E-state index contributed by atoms with van der Waals surface area (Å²) in [5, 5.41) is 3.95. The first-order valence-electron chi connectivity index (χ1n) is 9.48. The van der Waals surface area contributed by atoms with Crippen molar-refractivity contribution in [3.05, 3.63) is 92.9 Å². The van der Waals surface area contributed by atoms with Crippen LogP contribution in [0.3, 0.4) is 0 Å². The molecule has 160 valence electrons. The Bertz CT molecular complexity index is 1330. The molecule has 0 aliphatic rings. The molecule has 0 unspecified atom stereocenters. The zero-order valence-electron chi connectivity index (χ0n) is 16.4. The van der Waals surface area contributed by atoms with Crippen molar-refractivity contribution < 1.29 is 14.3 Å². The molecular formula is C24H15BrCl2N2O3. The van der Waals surface area contributed by atoms with Crippen LogP contribution in [-0.2, 0) is 9.53 Å². The van der Waals surface area contributed by atoms with Crippen LogP contribution < -0.4 is 5.32 Å². The van der Waals surface area contributed by atoms with Gasteiger partial charge >= 0.3 is 5.97 Å². The molecule has 4 rings (SSSR count). The van der Waals surface area contributed by atoms with Crippen LogP contribution in [0.15, 0.2) is 77.3 Å². The van der Waals surface area contributed by atoms with Gasteiger partial charge in [0.05, 0.1) is 26.8 Å². The predicted molar refractivity (Wildman–Crippen MR) is 130 cm³/mol. The van der Waals surface area contributed by atoms with Gasteiger partial charge in [-0.1, -0.05) is 69.5 Å². The Morgan fingerprint density at radius 1 is 0.938 bits per heavy atom. The van der Waals surface area contributed by atoms with E-state index in [4.69, 9.17) is 27.9 Å². The molecule has 0 aliphatic carbocycles. The monoisotopic (exact) mass is 528 g/mol. The number of nitrogens with one attached hydrogen (secondary N) is 1. The van der Waals surface area contributed by atoms with Crippen LogP contribution in [0, 0.1) is 0 Å². The summed E-state index contributed by atoms with van der Waals surface area (Å²) in [6.07, 6.45) is 0. The van der Waals surface area contributed by atoms with Crippen LogP contribution >= 0.6 is 39.1 Å². The highest BCUT2D eigenvalue weighted by Gasteiger charge is 2.17. The molecule has 3 aromatic carbocycles. The van der Waals surface area contributed by atoms with E-state index in [1.165, 1.54) is 6.07 Å². The van der Waals surface area contributed by atoms with Gasteiger partial charge < -0.3 is 10.1 Å². The fourth-order valence-electron chi connectivity index (χ4n) is 3.09. The molecule has 0 atom stereocenters. The molecule has 0 fully saturated rings. The minimum atomic E-state index is -0.619. The normalized spacial score (nSPS) is 10.7.